The molecule has 0 radical (unpaired) electrons. The summed E-state index contributed by atoms with van der Waals surface area (Å²) in [4.78, 5) is 19.2. The van der Waals surface area contributed by atoms with Gasteiger partial charge in [-0.25, -0.2) is 10.4 Å². The van der Waals surface area contributed by atoms with Crippen LogP contribution in [0.1, 0.15) is 29.8 Å². The summed E-state index contributed by atoms with van der Waals surface area (Å²) in [6.45, 7) is 5.82. The van der Waals surface area contributed by atoms with E-state index >= 15 is 0 Å². The van der Waals surface area contributed by atoms with E-state index in [-0.39, 0.29) is 11.7 Å². The highest BCUT2D eigenvalue weighted by Gasteiger charge is 2.09. The number of benzene rings is 3. The summed E-state index contributed by atoms with van der Waals surface area (Å²) in [7, 11) is 0. The van der Waals surface area contributed by atoms with E-state index in [1.165, 1.54) is 17.6 Å². The van der Waals surface area contributed by atoms with Crippen molar-refractivity contribution in [3.63, 3.8) is 0 Å². The number of rotatable bonds is 9. The third kappa shape index (κ3) is 6.21. The number of carbonyl (C=O) groups is 1. The van der Waals surface area contributed by atoms with Crippen LogP contribution in [0.25, 0.3) is 11.3 Å². The van der Waals surface area contributed by atoms with Crippen LogP contribution in [0.5, 0.6) is 5.75 Å². The van der Waals surface area contributed by atoms with E-state index in [1.54, 1.807) is 24.3 Å². The summed E-state index contributed by atoms with van der Waals surface area (Å²) >= 11 is 7.42. The minimum atomic E-state index is -0.347. The van der Waals surface area contributed by atoms with Gasteiger partial charge in [-0.2, -0.15) is 5.10 Å². The lowest BCUT2D eigenvalue weighted by atomic mass is 10.1. The van der Waals surface area contributed by atoms with Crippen molar-refractivity contribution >= 4 is 51.6 Å². The van der Waals surface area contributed by atoms with Gasteiger partial charge in [-0.05, 0) is 62.4 Å². The largest absolute Gasteiger partial charge is 0.507 e. The maximum atomic E-state index is 12.5. The Morgan fingerprint density at radius 2 is 1.81 bits per heavy atom. The van der Waals surface area contributed by atoms with Crippen LogP contribution in [-0.4, -0.2) is 35.3 Å². The lowest BCUT2D eigenvalue weighted by Crippen LogP contribution is -2.21. The van der Waals surface area contributed by atoms with Crippen molar-refractivity contribution in [1.29, 1.82) is 0 Å². The summed E-state index contributed by atoms with van der Waals surface area (Å²) in [6, 6.07) is 19.9. The molecule has 184 valence electrons. The van der Waals surface area contributed by atoms with Crippen molar-refractivity contribution < 1.29 is 9.90 Å². The molecule has 4 rings (SSSR count). The van der Waals surface area contributed by atoms with Crippen molar-refractivity contribution in [2.75, 3.05) is 23.3 Å². The Kier molecular flexibility index (Phi) is 8.20. The zero-order valence-corrected chi connectivity index (χ0v) is 21.5. The van der Waals surface area contributed by atoms with Crippen molar-refractivity contribution in [3.8, 4) is 17.0 Å². The van der Waals surface area contributed by atoms with Crippen LogP contribution in [0.2, 0.25) is 5.02 Å². The number of halogens is 1. The molecule has 0 unspecified atom stereocenters. The molecular weight excluding hydrogens is 494 g/mol. The molecule has 1 aromatic heterocycles. The van der Waals surface area contributed by atoms with E-state index < -0.39 is 0 Å². The summed E-state index contributed by atoms with van der Waals surface area (Å²) in [6.07, 6.45) is 1.43. The second-order valence-electron chi connectivity index (χ2n) is 7.86. The van der Waals surface area contributed by atoms with Crippen molar-refractivity contribution in [3.05, 3.63) is 88.3 Å². The molecule has 1 heterocycles. The first kappa shape index (κ1) is 25.2. The molecular formula is C27H26ClN5O2S. The molecule has 0 aliphatic heterocycles. The van der Waals surface area contributed by atoms with Crippen molar-refractivity contribution in [1.82, 2.24) is 10.4 Å². The van der Waals surface area contributed by atoms with Crippen LogP contribution in [0.15, 0.2) is 77.2 Å². The molecule has 0 fully saturated rings. The fourth-order valence-electron chi connectivity index (χ4n) is 3.56. The highest BCUT2D eigenvalue weighted by atomic mass is 35.5. The number of thiazole rings is 1. The third-order valence-corrected chi connectivity index (χ3v) is 6.56. The highest BCUT2D eigenvalue weighted by molar-refractivity contribution is 7.14. The Balaban J connectivity index is 1.36. The lowest BCUT2D eigenvalue weighted by molar-refractivity contribution is 0.0955. The summed E-state index contributed by atoms with van der Waals surface area (Å²) in [5.41, 5.74) is 7.04. The van der Waals surface area contributed by atoms with Gasteiger partial charge in [-0.1, -0.05) is 23.7 Å². The number of hydrogen-bond donors (Lipinski definition) is 3. The summed E-state index contributed by atoms with van der Waals surface area (Å²) < 4.78 is 0. The van der Waals surface area contributed by atoms with Crippen LogP contribution in [0, 0.1) is 0 Å². The van der Waals surface area contributed by atoms with Gasteiger partial charge < -0.3 is 15.3 Å². The SMILES string of the molecule is CCN(CC)c1ccc(/C=N\NC(=O)c2ccc(-c3csc(Nc4ccc(Cl)cc4)n3)cc2)c(O)c1. The first-order valence-corrected chi connectivity index (χ1v) is 12.7. The van der Waals surface area contributed by atoms with E-state index in [0.29, 0.717) is 16.1 Å². The molecule has 0 spiro atoms. The van der Waals surface area contributed by atoms with Gasteiger partial charge in [0.05, 0.1) is 11.9 Å². The van der Waals surface area contributed by atoms with Gasteiger partial charge in [-0.3, -0.25) is 4.79 Å². The third-order valence-electron chi connectivity index (χ3n) is 5.55. The molecule has 9 heteroatoms. The van der Waals surface area contributed by atoms with E-state index in [1.807, 2.05) is 47.8 Å². The van der Waals surface area contributed by atoms with Crippen LogP contribution in [-0.2, 0) is 0 Å². The number of aromatic hydroxyl groups is 1. The van der Waals surface area contributed by atoms with Gasteiger partial charge in [0, 0.05) is 57.6 Å². The summed E-state index contributed by atoms with van der Waals surface area (Å²) in [5.74, 6) is -0.240. The predicted octanol–water partition coefficient (Wildman–Crippen LogP) is 6.52. The fraction of sp³-hybridized carbons (Fsp3) is 0.148. The van der Waals surface area contributed by atoms with E-state index in [0.717, 1.165) is 40.9 Å². The Morgan fingerprint density at radius 1 is 1.08 bits per heavy atom. The molecule has 4 aromatic rings. The number of anilines is 3. The number of hydrogen-bond acceptors (Lipinski definition) is 7. The Bertz CT molecular complexity index is 1350. The van der Waals surface area contributed by atoms with Gasteiger partial charge >= 0.3 is 0 Å². The number of hydrazone groups is 1. The molecule has 36 heavy (non-hydrogen) atoms. The van der Waals surface area contributed by atoms with Crippen LogP contribution >= 0.6 is 22.9 Å². The van der Waals surface area contributed by atoms with Gasteiger partial charge in [-0.15, -0.1) is 11.3 Å². The monoisotopic (exact) mass is 519 g/mol. The average Bonchev–Trinajstić information content (AvgIpc) is 3.36. The molecule has 3 N–H and O–H groups in total. The second-order valence-corrected chi connectivity index (χ2v) is 9.16. The average molecular weight is 520 g/mol. The first-order valence-electron chi connectivity index (χ1n) is 11.5. The number of amides is 1. The van der Waals surface area contributed by atoms with Crippen LogP contribution in [0.3, 0.4) is 0 Å². The van der Waals surface area contributed by atoms with Gasteiger partial charge in [0.1, 0.15) is 5.75 Å². The van der Waals surface area contributed by atoms with E-state index in [2.05, 4.69) is 39.6 Å². The minimum absolute atomic E-state index is 0.106. The van der Waals surface area contributed by atoms with Gasteiger partial charge in [0.25, 0.3) is 5.91 Å². The second kappa shape index (κ2) is 11.7. The molecule has 0 bridgehead atoms. The number of phenolic OH excluding ortho intramolecular Hbond substituents is 1. The van der Waals surface area contributed by atoms with E-state index in [4.69, 9.17) is 11.6 Å². The zero-order chi connectivity index (χ0) is 25.5. The van der Waals surface area contributed by atoms with E-state index in [9.17, 15) is 9.90 Å². The number of nitrogens with zero attached hydrogens (tertiary/aromatic N) is 3. The molecule has 0 aliphatic rings. The number of carbonyl (C=O) groups excluding carboxylic acids is 1. The maximum absolute atomic E-state index is 12.5. The van der Waals surface area contributed by atoms with Crippen molar-refractivity contribution in [2.45, 2.75) is 13.8 Å². The Labute approximate surface area is 219 Å². The molecule has 0 saturated carbocycles. The van der Waals surface area contributed by atoms with Crippen LogP contribution < -0.4 is 15.6 Å². The quantitative estimate of drug-likeness (QED) is 0.173. The molecule has 1 amide bonds. The standard InChI is InChI=1S/C27H26ClN5O2S/c1-3-33(4-2)23-14-9-20(25(34)15-23)16-29-32-26(35)19-7-5-18(6-8-19)24-17-36-27(31-24)30-22-12-10-21(28)11-13-22/h5-17,34H,3-4H2,1-2H3,(H,30,31)(H,32,35)/b29-16-. The maximum Gasteiger partial charge on any atom is 0.271 e. The number of aromatic nitrogens is 1. The lowest BCUT2D eigenvalue weighted by Gasteiger charge is -2.21. The molecule has 0 atom stereocenters. The first-order chi connectivity index (χ1) is 17.5. The smallest absolute Gasteiger partial charge is 0.271 e. The van der Waals surface area contributed by atoms with Crippen LogP contribution in [0.4, 0.5) is 16.5 Å². The molecule has 3 aromatic carbocycles. The number of phenols is 1. The summed E-state index contributed by atoms with van der Waals surface area (Å²) in [5, 5.41) is 20.9. The van der Waals surface area contributed by atoms with Gasteiger partial charge in [0.2, 0.25) is 0 Å². The minimum Gasteiger partial charge on any atom is -0.507 e. The molecule has 0 saturated heterocycles. The zero-order valence-electron chi connectivity index (χ0n) is 19.9. The van der Waals surface area contributed by atoms with Gasteiger partial charge in [0.15, 0.2) is 5.13 Å². The Morgan fingerprint density at radius 3 is 2.47 bits per heavy atom. The fourth-order valence-corrected chi connectivity index (χ4v) is 4.43. The van der Waals surface area contributed by atoms with Crippen molar-refractivity contribution in [2.24, 2.45) is 5.10 Å². The predicted molar refractivity (Wildman–Crippen MR) is 149 cm³/mol. The molecule has 0 aliphatic carbocycles. The normalized spacial score (nSPS) is 11.0. The topological polar surface area (TPSA) is 89.9 Å². The Hall–Kier alpha value is -3.88. The highest BCUT2D eigenvalue weighted by Crippen LogP contribution is 2.28. The number of nitrogens with one attached hydrogen (secondary N) is 2. The molecule has 7 nitrogen and oxygen atoms in total.